The van der Waals surface area contributed by atoms with Crippen molar-refractivity contribution < 1.29 is 4.39 Å². The van der Waals surface area contributed by atoms with Gasteiger partial charge in [-0.05, 0) is 41.8 Å². The minimum absolute atomic E-state index is 0.243. The van der Waals surface area contributed by atoms with Gasteiger partial charge in [0.25, 0.3) is 0 Å². The summed E-state index contributed by atoms with van der Waals surface area (Å²) >= 11 is 0. The van der Waals surface area contributed by atoms with Crippen molar-refractivity contribution in [1.82, 2.24) is 4.98 Å². The Balaban J connectivity index is 2.38. The zero-order chi connectivity index (χ0) is 13.9. The molecule has 0 spiro atoms. The van der Waals surface area contributed by atoms with Crippen LogP contribution < -0.4 is 5.73 Å². The fourth-order valence-corrected chi connectivity index (χ4v) is 2.52. The van der Waals surface area contributed by atoms with Crippen LogP contribution in [0.25, 0.3) is 22.0 Å². The van der Waals surface area contributed by atoms with Crippen molar-refractivity contribution in [1.29, 1.82) is 0 Å². The third kappa shape index (κ3) is 2.17. The standard InChI is InChI=1S/C17H15FN2/c18-14-7-4-8-15-17(14)16(12-5-2-1-3-6-12)13(9-10-19)11-20-15/h1-8,11H,9-10,19H2. The molecule has 0 fully saturated rings. The van der Waals surface area contributed by atoms with Crippen molar-refractivity contribution in [3.63, 3.8) is 0 Å². The summed E-state index contributed by atoms with van der Waals surface area (Å²) in [6.45, 7) is 0.515. The number of nitrogens with two attached hydrogens (primary N) is 1. The number of aromatic nitrogens is 1. The summed E-state index contributed by atoms with van der Waals surface area (Å²) in [4.78, 5) is 4.35. The van der Waals surface area contributed by atoms with Crippen LogP contribution in [-0.2, 0) is 6.42 Å². The molecule has 0 saturated carbocycles. The second-order valence-corrected chi connectivity index (χ2v) is 4.70. The predicted octanol–water partition coefficient (Wildman–Crippen LogP) is 3.54. The molecule has 1 heterocycles. The van der Waals surface area contributed by atoms with E-state index in [0.717, 1.165) is 16.7 Å². The Kier molecular flexibility index (Phi) is 3.44. The predicted molar refractivity (Wildman–Crippen MR) is 79.9 cm³/mol. The summed E-state index contributed by atoms with van der Waals surface area (Å²) in [7, 11) is 0. The van der Waals surface area contributed by atoms with Crippen LogP contribution in [0.15, 0.2) is 54.7 Å². The Morgan fingerprint density at radius 1 is 1.00 bits per heavy atom. The Morgan fingerprint density at radius 2 is 1.80 bits per heavy atom. The fraction of sp³-hybridized carbons (Fsp3) is 0.118. The van der Waals surface area contributed by atoms with Crippen molar-refractivity contribution in [3.8, 4) is 11.1 Å². The normalized spacial score (nSPS) is 10.9. The van der Waals surface area contributed by atoms with Gasteiger partial charge < -0.3 is 5.73 Å². The number of rotatable bonds is 3. The van der Waals surface area contributed by atoms with Crippen molar-refractivity contribution in [3.05, 3.63) is 66.1 Å². The number of benzene rings is 2. The van der Waals surface area contributed by atoms with E-state index in [-0.39, 0.29) is 5.82 Å². The molecule has 0 saturated heterocycles. The van der Waals surface area contributed by atoms with Crippen LogP contribution in [0.2, 0.25) is 0 Å². The largest absolute Gasteiger partial charge is 0.330 e. The zero-order valence-electron chi connectivity index (χ0n) is 11.0. The lowest BCUT2D eigenvalue weighted by molar-refractivity contribution is 0.639. The molecule has 3 aromatic rings. The second kappa shape index (κ2) is 5.39. The number of halogens is 1. The van der Waals surface area contributed by atoms with Gasteiger partial charge in [0, 0.05) is 11.6 Å². The molecule has 0 aliphatic carbocycles. The first-order valence-corrected chi connectivity index (χ1v) is 6.63. The molecule has 2 nitrogen and oxygen atoms in total. The highest BCUT2D eigenvalue weighted by Crippen LogP contribution is 2.32. The first-order valence-electron chi connectivity index (χ1n) is 6.63. The summed E-state index contributed by atoms with van der Waals surface area (Å²) in [5.74, 6) is -0.243. The van der Waals surface area contributed by atoms with E-state index >= 15 is 0 Å². The molecular formula is C17H15FN2. The van der Waals surface area contributed by atoms with E-state index < -0.39 is 0 Å². The van der Waals surface area contributed by atoms with Gasteiger partial charge in [0.1, 0.15) is 5.82 Å². The summed E-state index contributed by atoms with van der Waals surface area (Å²) in [6.07, 6.45) is 2.48. The molecule has 2 aromatic carbocycles. The smallest absolute Gasteiger partial charge is 0.133 e. The molecule has 0 aliphatic heterocycles. The summed E-state index contributed by atoms with van der Waals surface area (Å²) < 4.78 is 14.3. The molecule has 2 N–H and O–H groups in total. The van der Waals surface area contributed by atoms with Gasteiger partial charge >= 0.3 is 0 Å². The maximum absolute atomic E-state index is 14.3. The molecule has 0 unspecified atom stereocenters. The van der Waals surface area contributed by atoms with E-state index in [1.807, 2.05) is 36.4 Å². The number of hydrogen-bond acceptors (Lipinski definition) is 2. The highest BCUT2D eigenvalue weighted by molar-refractivity contribution is 5.96. The molecule has 0 aliphatic rings. The van der Waals surface area contributed by atoms with Crippen molar-refractivity contribution in [2.24, 2.45) is 5.73 Å². The quantitative estimate of drug-likeness (QED) is 0.787. The number of nitrogens with zero attached hydrogens (tertiary/aromatic N) is 1. The Labute approximate surface area is 117 Å². The van der Waals surface area contributed by atoms with Crippen LogP contribution in [0, 0.1) is 5.82 Å². The zero-order valence-corrected chi connectivity index (χ0v) is 11.0. The molecule has 0 bridgehead atoms. The maximum atomic E-state index is 14.3. The molecule has 3 heteroatoms. The molecule has 100 valence electrons. The summed E-state index contributed by atoms with van der Waals surface area (Å²) in [5.41, 5.74) is 9.22. The van der Waals surface area contributed by atoms with Crippen molar-refractivity contribution in [2.45, 2.75) is 6.42 Å². The highest BCUT2D eigenvalue weighted by atomic mass is 19.1. The van der Waals surface area contributed by atoms with E-state index in [2.05, 4.69) is 4.98 Å². The molecule has 20 heavy (non-hydrogen) atoms. The van der Waals surface area contributed by atoms with E-state index in [1.165, 1.54) is 6.07 Å². The van der Waals surface area contributed by atoms with Gasteiger partial charge in [-0.15, -0.1) is 0 Å². The SMILES string of the molecule is NCCc1cnc2cccc(F)c2c1-c1ccccc1. The van der Waals surface area contributed by atoms with Crippen LogP contribution in [0.5, 0.6) is 0 Å². The lowest BCUT2D eigenvalue weighted by atomic mass is 9.94. The van der Waals surface area contributed by atoms with Gasteiger partial charge in [0.05, 0.1) is 5.52 Å². The minimum Gasteiger partial charge on any atom is -0.330 e. The van der Waals surface area contributed by atoms with E-state index in [1.54, 1.807) is 12.3 Å². The third-order valence-corrected chi connectivity index (χ3v) is 3.40. The Hall–Kier alpha value is -2.26. The monoisotopic (exact) mass is 266 g/mol. The third-order valence-electron chi connectivity index (χ3n) is 3.40. The van der Waals surface area contributed by atoms with E-state index in [4.69, 9.17) is 5.73 Å². The van der Waals surface area contributed by atoms with Crippen LogP contribution >= 0.6 is 0 Å². The van der Waals surface area contributed by atoms with Crippen molar-refractivity contribution in [2.75, 3.05) is 6.54 Å². The highest BCUT2D eigenvalue weighted by Gasteiger charge is 2.13. The maximum Gasteiger partial charge on any atom is 0.133 e. The van der Waals surface area contributed by atoms with Crippen LogP contribution in [0.1, 0.15) is 5.56 Å². The average Bonchev–Trinajstić information content (AvgIpc) is 2.49. The molecule has 1 aromatic heterocycles. The van der Waals surface area contributed by atoms with Gasteiger partial charge in [0.15, 0.2) is 0 Å². The molecule has 0 atom stereocenters. The second-order valence-electron chi connectivity index (χ2n) is 4.70. The lowest BCUT2D eigenvalue weighted by Gasteiger charge is -2.13. The van der Waals surface area contributed by atoms with Crippen LogP contribution in [0.4, 0.5) is 4.39 Å². The molecular weight excluding hydrogens is 251 g/mol. The van der Waals surface area contributed by atoms with Gasteiger partial charge in [0.2, 0.25) is 0 Å². The van der Waals surface area contributed by atoms with Gasteiger partial charge in [-0.3, -0.25) is 4.98 Å². The Morgan fingerprint density at radius 3 is 2.55 bits per heavy atom. The number of hydrogen-bond donors (Lipinski definition) is 1. The molecule has 0 amide bonds. The van der Waals surface area contributed by atoms with Gasteiger partial charge in [-0.25, -0.2) is 4.39 Å². The van der Waals surface area contributed by atoms with Gasteiger partial charge in [-0.2, -0.15) is 0 Å². The number of fused-ring (bicyclic) bond motifs is 1. The molecule has 3 rings (SSSR count). The first-order chi connectivity index (χ1) is 9.81. The van der Waals surface area contributed by atoms with Gasteiger partial charge in [-0.1, -0.05) is 36.4 Å². The topological polar surface area (TPSA) is 38.9 Å². The van der Waals surface area contributed by atoms with E-state index in [9.17, 15) is 4.39 Å². The van der Waals surface area contributed by atoms with E-state index in [0.29, 0.717) is 23.9 Å². The van der Waals surface area contributed by atoms with Crippen LogP contribution in [-0.4, -0.2) is 11.5 Å². The number of pyridine rings is 1. The molecule has 0 radical (unpaired) electrons. The van der Waals surface area contributed by atoms with Crippen LogP contribution in [0.3, 0.4) is 0 Å². The van der Waals surface area contributed by atoms with Crippen molar-refractivity contribution >= 4 is 10.9 Å². The first kappa shape index (κ1) is 12.8. The summed E-state index contributed by atoms with van der Waals surface area (Å²) in [6, 6.07) is 14.8. The average molecular weight is 266 g/mol. The minimum atomic E-state index is -0.243. The lowest BCUT2D eigenvalue weighted by Crippen LogP contribution is -2.05. The fourth-order valence-electron chi connectivity index (χ4n) is 2.52. The Bertz CT molecular complexity index is 739. The summed E-state index contributed by atoms with van der Waals surface area (Å²) in [5, 5.41) is 0.574.